The Labute approximate surface area is 202 Å². The van der Waals surface area contributed by atoms with Gasteiger partial charge in [0.15, 0.2) is 5.58 Å². The molecule has 0 aliphatic carbocycles. The number of alkyl halides is 3. The van der Waals surface area contributed by atoms with Crippen LogP contribution in [0.2, 0.25) is 0 Å². The van der Waals surface area contributed by atoms with Crippen molar-refractivity contribution < 1.29 is 27.4 Å². The monoisotopic (exact) mass is 495 g/mol. The number of rotatable bonds is 13. The maximum atomic E-state index is 13.1. The molecule has 11 heteroatoms. The maximum Gasteiger partial charge on any atom is 0.433 e. The van der Waals surface area contributed by atoms with Gasteiger partial charge < -0.3 is 24.9 Å². The van der Waals surface area contributed by atoms with E-state index in [-0.39, 0.29) is 23.5 Å². The summed E-state index contributed by atoms with van der Waals surface area (Å²) < 4.78 is 50.5. The van der Waals surface area contributed by atoms with Crippen LogP contribution in [-0.2, 0) is 10.9 Å². The fraction of sp³-hybridized carbons (Fsp3) is 0.542. The average molecular weight is 496 g/mol. The van der Waals surface area contributed by atoms with Gasteiger partial charge in [-0.25, -0.2) is 9.97 Å². The molecule has 0 radical (unpaired) electrons. The number of nitrogens with one attached hydrogen (secondary N) is 2. The van der Waals surface area contributed by atoms with Crippen molar-refractivity contribution >= 4 is 22.7 Å². The maximum absolute atomic E-state index is 13.1. The van der Waals surface area contributed by atoms with Gasteiger partial charge in [0.05, 0.1) is 24.1 Å². The lowest BCUT2D eigenvalue weighted by atomic mass is 10.0. The third kappa shape index (κ3) is 7.04. The van der Waals surface area contributed by atoms with Crippen LogP contribution in [0.1, 0.15) is 44.5 Å². The first-order chi connectivity index (χ1) is 16.8. The summed E-state index contributed by atoms with van der Waals surface area (Å²) in [5.41, 5.74) is 0.405. The minimum Gasteiger partial charge on any atom is -0.454 e. The van der Waals surface area contributed by atoms with Gasteiger partial charge in [0, 0.05) is 31.7 Å². The number of hydrogen-bond donors (Lipinski definition) is 3. The number of furan rings is 1. The molecule has 192 valence electrons. The van der Waals surface area contributed by atoms with Crippen LogP contribution in [0.3, 0.4) is 0 Å². The van der Waals surface area contributed by atoms with Crippen molar-refractivity contribution in [1.82, 2.24) is 15.0 Å². The van der Waals surface area contributed by atoms with Crippen molar-refractivity contribution in [2.45, 2.75) is 46.2 Å². The van der Waals surface area contributed by atoms with E-state index in [1.807, 2.05) is 6.92 Å². The first-order valence-corrected chi connectivity index (χ1v) is 11.8. The number of ether oxygens (including phenoxy) is 1. The number of aliphatic hydroxyl groups excluding tert-OH is 1. The van der Waals surface area contributed by atoms with E-state index >= 15 is 0 Å². The Morgan fingerprint density at radius 3 is 2.60 bits per heavy atom. The molecule has 0 aromatic carbocycles. The van der Waals surface area contributed by atoms with E-state index in [4.69, 9.17) is 9.15 Å². The van der Waals surface area contributed by atoms with Crippen LogP contribution in [0.4, 0.5) is 24.9 Å². The van der Waals surface area contributed by atoms with Crippen LogP contribution in [0.15, 0.2) is 22.7 Å². The van der Waals surface area contributed by atoms with Gasteiger partial charge in [-0.2, -0.15) is 18.2 Å². The molecule has 0 amide bonds. The van der Waals surface area contributed by atoms with Gasteiger partial charge in [-0.1, -0.05) is 13.3 Å². The lowest BCUT2D eigenvalue weighted by Gasteiger charge is -2.17. The molecular weight excluding hydrogens is 463 g/mol. The molecule has 0 spiro atoms. The summed E-state index contributed by atoms with van der Waals surface area (Å²) in [4.78, 5) is 12.6. The van der Waals surface area contributed by atoms with Crippen molar-refractivity contribution in [2.75, 3.05) is 43.5 Å². The van der Waals surface area contributed by atoms with Gasteiger partial charge >= 0.3 is 6.18 Å². The van der Waals surface area contributed by atoms with Crippen molar-refractivity contribution in [3.63, 3.8) is 0 Å². The molecular formula is C24H32F3N5O3. The predicted molar refractivity (Wildman–Crippen MR) is 128 cm³/mol. The summed E-state index contributed by atoms with van der Waals surface area (Å²) in [6, 6.07) is 2.50. The summed E-state index contributed by atoms with van der Waals surface area (Å²) >= 11 is 0. The van der Waals surface area contributed by atoms with Crippen molar-refractivity contribution in [3.8, 4) is 11.3 Å². The molecule has 0 aliphatic heterocycles. The second-order valence-corrected chi connectivity index (χ2v) is 8.25. The average Bonchev–Trinajstić information content (AvgIpc) is 3.23. The standard InChI is InChI=1S/C24H32F3N5O3/c1-4-6-16(14-33)7-8-28-22-21(15(3)31-23(32-22)29-9-10-34-5-2)18-11-17-12-20(24(25,26)27)30-13-19(17)35-18/h11-13,16,33H,4-10,14H2,1-3H3,(H2,28,29,31,32). The molecule has 1 unspecified atom stereocenters. The van der Waals surface area contributed by atoms with Gasteiger partial charge in [-0.15, -0.1) is 0 Å². The van der Waals surface area contributed by atoms with E-state index in [2.05, 4.69) is 32.5 Å². The Bertz CT molecular complexity index is 1100. The van der Waals surface area contributed by atoms with Crippen LogP contribution in [0, 0.1) is 12.8 Å². The molecule has 3 heterocycles. The van der Waals surface area contributed by atoms with E-state index < -0.39 is 11.9 Å². The van der Waals surface area contributed by atoms with Crippen molar-refractivity contribution in [1.29, 1.82) is 0 Å². The Kier molecular flexibility index (Phi) is 9.27. The molecule has 1 atom stereocenters. The Morgan fingerprint density at radius 1 is 1.11 bits per heavy atom. The zero-order valence-electron chi connectivity index (χ0n) is 20.2. The molecule has 0 saturated heterocycles. The van der Waals surface area contributed by atoms with E-state index in [1.54, 1.807) is 13.0 Å². The quantitative estimate of drug-likeness (QED) is 0.276. The summed E-state index contributed by atoms with van der Waals surface area (Å²) in [5.74, 6) is 1.40. The highest BCUT2D eigenvalue weighted by Crippen LogP contribution is 2.36. The number of fused-ring (bicyclic) bond motifs is 1. The van der Waals surface area contributed by atoms with Gasteiger partial charge in [-0.05, 0) is 44.7 Å². The van der Waals surface area contributed by atoms with Crippen LogP contribution >= 0.6 is 0 Å². The highest BCUT2D eigenvalue weighted by molar-refractivity contribution is 5.86. The van der Waals surface area contributed by atoms with Crippen molar-refractivity contribution in [2.24, 2.45) is 5.92 Å². The first kappa shape index (κ1) is 26.7. The number of hydrogen-bond acceptors (Lipinski definition) is 8. The number of aryl methyl sites for hydroxylation is 1. The zero-order valence-corrected chi connectivity index (χ0v) is 20.2. The lowest BCUT2D eigenvalue weighted by molar-refractivity contribution is -0.141. The molecule has 0 saturated carbocycles. The summed E-state index contributed by atoms with van der Waals surface area (Å²) in [7, 11) is 0. The summed E-state index contributed by atoms with van der Waals surface area (Å²) in [6.45, 7) is 8.05. The molecule has 35 heavy (non-hydrogen) atoms. The SMILES string of the molecule is CCCC(CO)CCNc1nc(NCCOCC)nc(C)c1-c1cc2cc(C(F)(F)F)ncc2o1. The Morgan fingerprint density at radius 2 is 1.91 bits per heavy atom. The Balaban J connectivity index is 1.93. The number of nitrogens with zero attached hydrogens (tertiary/aromatic N) is 3. The highest BCUT2D eigenvalue weighted by Gasteiger charge is 2.33. The van der Waals surface area contributed by atoms with E-state index in [0.717, 1.165) is 31.5 Å². The van der Waals surface area contributed by atoms with Crippen molar-refractivity contribution in [3.05, 3.63) is 29.7 Å². The second-order valence-electron chi connectivity index (χ2n) is 8.25. The smallest absolute Gasteiger partial charge is 0.433 e. The predicted octanol–water partition coefficient (Wildman–Crippen LogP) is 5.27. The number of aromatic nitrogens is 3. The third-order valence-electron chi connectivity index (χ3n) is 5.56. The van der Waals surface area contributed by atoms with E-state index in [9.17, 15) is 18.3 Å². The Hall–Kier alpha value is -2.92. The fourth-order valence-electron chi connectivity index (χ4n) is 3.81. The van der Waals surface area contributed by atoms with Crippen LogP contribution in [-0.4, -0.2) is 53.0 Å². The summed E-state index contributed by atoms with van der Waals surface area (Å²) in [5, 5.41) is 16.3. The second kappa shape index (κ2) is 12.2. The molecule has 0 bridgehead atoms. The first-order valence-electron chi connectivity index (χ1n) is 11.8. The fourth-order valence-corrected chi connectivity index (χ4v) is 3.81. The normalized spacial score (nSPS) is 12.8. The van der Waals surface area contributed by atoms with Gasteiger partial charge in [0.1, 0.15) is 17.3 Å². The third-order valence-corrected chi connectivity index (χ3v) is 5.56. The topological polar surface area (TPSA) is 105 Å². The van der Waals surface area contributed by atoms with Crippen LogP contribution in [0.5, 0.6) is 0 Å². The molecule has 3 N–H and O–H groups in total. The highest BCUT2D eigenvalue weighted by atomic mass is 19.4. The van der Waals surface area contributed by atoms with E-state index in [0.29, 0.717) is 55.1 Å². The van der Waals surface area contributed by atoms with Crippen LogP contribution in [0.25, 0.3) is 22.3 Å². The molecule has 0 fully saturated rings. The minimum absolute atomic E-state index is 0.105. The number of anilines is 2. The zero-order chi connectivity index (χ0) is 25.4. The summed E-state index contributed by atoms with van der Waals surface area (Å²) in [6.07, 6.45) is -0.849. The minimum atomic E-state index is -4.55. The lowest BCUT2D eigenvalue weighted by Crippen LogP contribution is -2.16. The number of pyridine rings is 1. The van der Waals surface area contributed by atoms with Gasteiger partial charge in [0.25, 0.3) is 0 Å². The molecule has 8 nitrogen and oxygen atoms in total. The largest absolute Gasteiger partial charge is 0.454 e. The molecule has 3 aromatic heterocycles. The molecule has 3 rings (SSSR count). The van der Waals surface area contributed by atoms with Crippen LogP contribution < -0.4 is 10.6 Å². The van der Waals surface area contributed by atoms with E-state index in [1.165, 1.54) is 0 Å². The number of halogens is 3. The molecule has 0 aliphatic rings. The van der Waals surface area contributed by atoms with Gasteiger partial charge in [0.2, 0.25) is 5.95 Å². The van der Waals surface area contributed by atoms with Gasteiger partial charge in [-0.3, -0.25) is 0 Å². The molecule has 3 aromatic rings. The number of aliphatic hydroxyl groups is 1.